The smallest absolute Gasteiger partial charge is 0.301 e. The summed E-state index contributed by atoms with van der Waals surface area (Å²) in [5, 5.41) is 21.1. The number of nitrogens with one attached hydrogen (secondary N) is 1. The Hall–Kier alpha value is -4.27. The number of aryl methyl sites for hydroxylation is 1. The van der Waals surface area contributed by atoms with E-state index in [1.54, 1.807) is 43.5 Å². The first-order valence-electron chi connectivity index (χ1n) is 9.05. The minimum Gasteiger partial charge on any atom is -0.506 e. The highest BCUT2D eigenvalue weighted by molar-refractivity contribution is 5.85. The lowest BCUT2D eigenvalue weighted by Crippen LogP contribution is -2.29. The van der Waals surface area contributed by atoms with Gasteiger partial charge in [0.2, 0.25) is 0 Å². The number of phenolic OH excluding ortho intramolecular Hbond substituents is 1. The van der Waals surface area contributed by atoms with Crippen molar-refractivity contribution in [1.29, 1.82) is 0 Å². The van der Waals surface area contributed by atoms with Crippen molar-refractivity contribution in [1.82, 2.24) is 14.8 Å². The van der Waals surface area contributed by atoms with Crippen LogP contribution in [0.5, 0.6) is 11.5 Å². The molecule has 0 aliphatic heterocycles. The van der Waals surface area contributed by atoms with Gasteiger partial charge in [-0.2, -0.15) is 4.68 Å². The minimum atomic E-state index is -0.656. The summed E-state index contributed by atoms with van der Waals surface area (Å²) in [7, 11) is 0. The number of ether oxygens (including phenoxy) is 1. The number of aromatic hydroxyl groups is 1. The van der Waals surface area contributed by atoms with Gasteiger partial charge >= 0.3 is 5.56 Å². The zero-order valence-corrected chi connectivity index (χ0v) is 15.9. The molecule has 0 bridgehead atoms. The van der Waals surface area contributed by atoms with Crippen LogP contribution in [-0.4, -0.2) is 32.4 Å². The molecule has 2 aromatic heterocycles. The van der Waals surface area contributed by atoms with Crippen molar-refractivity contribution < 1.29 is 14.6 Å². The van der Waals surface area contributed by atoms with Gasteiger partial charge in [-0.3, -0.25) is 19.7 Å². The van der Waals surface area contributed by atoms with Crippen LogP contribution in [0.2, 0.25) is 0 Å². The van der Waals surface area contributed by atoms with Gasteiger partial charge in [-0.15, -0.1) is 10.2 Å². The van der Waals surface area contributed by atoms with Gasteiger partial charge in [-0.25, -0.2) is 0 Å². The first-order valence-corrected chi connectivity index (χ1v) is 9.05. The Bertz CT molecular complexity index is 1320. The summed E-state index contributed by atoms with van der Waals surface area (Å²) in [6.07, 6.45) is 1.64. The molecule has 0 atom stereocenters. The molecule has 0 radical (unpaired) electrons. The van der Waals surface area contributed by atoms with Crippen molar-refractivity contribution >= 4 is 28.2 Å². The van der Waals surface area contributed by atoms with Crippen LogP contribution >= 0.6 is 0 Å². The number of para-hydroxylation sites is 2. The number of azo groups is 1. The highest BCUT2D eigenvalue weighted by Crippen LogP contribution is 2.27. The monoisotopic (exact) mass is 403 g/mol. The molecule has 4 aromatic rings. The standard InChI is InChI=1S/C21H17N5O4/c1-13-19(24-23-15-8-2-3-9-16(15)27)21(29)26(25-13)18(28)12-30-17-10-4-6-14-7-5-11-22-20(14)17/h2-11,25,27H,12H2,1H3. The molecule has 30 heavy (non-hydrogen) atoms. The molecular formula is C21H17N5O4. The predicted molar refractivity (Wildman–Crippen MR) is 110 cm³/mol. The molecule has 150 valence electrons. The Morgan fingerprint density at radius 2 is 1.93 bits per heavy atom. The lowest BCUT2D eigenvalue weighted by atomic mass is 10.2. The van der Waals surface area contributed by atoms with Gasteiger partial charge in [-0.05, 0) is 31.2 Å². The van der Waals surface area contributed by atoms with E-state index in [1.807, 2.05) is 18.2 Å². The van der Waals surface area contributed by atoms with E-state index in [2.05, 4.69) is 20.3 Å². The lowest BCUT2D eigenvalue weighted by Gasteiger charge is -2.07. The fraction of sp³-hybridized carbons (Fsp3) is 0.0952. The number of carbonyl (C=O) groups excluding carboxylic acids is 1. The molecule has 2 aromatic carbocycles. The summed E-state index contributed by atoms with van der Waals surface area (Å²) in [6, 6.07) is 15.4. The van der Waals surface area contributed by atoms with Crippen LogP contribution < -0.4 is 10.3 Å². The van der Waals surface area contributed by atoms with Crippen LogP contribution in [0.1, 0.15) is 10.5 Å². The molecule has 0 aliphatic rings. The van der Waals surface area contributed by atoms with Crippen molar-refractivity contribution in [3.05, 3.63) is 76.8 Å². The fourth-order valence-corrected chi connectivity index (χ4v) is 2.88. The van der Waals surface area contributed by atoms with E-state index < -0.39 is 11.5 Å². The van der Waals surface area contributed by atoms with Gasteiger partial charge in [0.15, 0.2) is 12.3 Å². The van der Waals surface area contributed by atoms with Crippen LogP contribution in [0, 0.1) is 6.92 Å². The molecule has 4 rings (SSSR count). The Kier molecular flexibility index (Phi) is 5.08. The number of H-pyrrole nitrogens is 1. The average molecular weight is 403 g/mol. The number of pyridine rings is 1. The van der Waals surface area contributed by atoms with Crippen LogP contribution in [0.25, 0.3) is 10.9 Å². The molecule has 0 amide bonds. The molecule has 2 N–H and O–H groups in total. The molecule has 0 aliphatic carbocycles. The van der Waals surface area contributed by atoms with Crippen molar-refractivity contribution in [2.45, 2.75) is 6.92 Å². The highest BCUT2D eigenvalue weighted by Gasteiger charge is 2.17. The number of carbonyl (C=O) groups is 1. The van der Waals surface area contributed by atoms with Crippen molar-refractivity contribution in [2.75, 3.05) is 6.61 Å². The van der Waals surface area contributed by atoms with E-state index in [0.29, 0.717) is 17.0 Å². The number of hydrogen-bond acceptors (Lipinski definition) is 7. The second-order valence-corrected chi connectivity index (χ2v) is 6.43. The molecule has 0 unspecified atom stereocenters. The van der Waals surface area contributed by atoms with Crippen LogP contribution in [0.3, 0.4) is 0 Å². The second-order valence-electron chi connectivity index (χ2n) is 6.43. The van der Waals surface area contributed by atoms with Gasteiger partial charge in [0.05, 0.1) is 5.69 Å². The zero-order valence-electron chi connectivity index (χ0n) is 15.9. The maximum atomic E-state index is 12.6. The molecule has 9 heteroatoms. The third-order valence-electron chi connectivity index (χ3n) is 4.38. The van der Waals surface area contributed by atoms with Crippen LogP contribution in [0.15, 0.2) is 75.8 Å². The summed E-state index contributed by atoms with van der Waals surface area (Å²) >= 11 is 0. The van der Waals surface area contributed by atoms with Crippen molar-refractivity contribution in [3.8, 4) is 11.5 Å². The van der Waals surface area contributed by atoms with E-state index in [4.69, 9.17) is 4.74 Å². The van der Waals surface area contributed by atoms with E-state index in [1.165, 1.54) is 6.07 Å². The number of phenols is 1. The molecule has 0 saturated heterocycles. The van der Waals surface area contributed by atoms with E-state index in [9.17, 15) is 14.7 Å². The summed E-state index contributed by atoms with van der Waals surface area (Å²) in [6.45, 7) is 1.23. The number of fused-ring (bicyclic) bond motifs is 1. The van der Waals surface area contributed by atoms with Gasteiger partial charge in [0.25, 0.3) is 5.91 Å². The Morgan fingerprint density at radius 1 is 1.13 bits per heavy atom. The topological polar surface area (TPSA) is 122 Å². The Balaban J connectivity index is 1.54. The third kappa shape index (κ3) is 3.68. The van der Waals surface area contributed by atoms with Crippen molar-refractivity contribution in [3.63, 3.8) is 0 Å². The largest absolute Gasteiger partial charge is 0.506 e. The number of aromatic nitrogens is 3. The summed E-state index contributed by atoms with van der Waals surface area (Å²) in [5.41, 5.74) is 0.510. The molecule has 0 spiro atoms. The van der Waals surface area contributed by atoms with E-state index >= 15 is 0 Å². The number of nitrogens with zero attached hydrogens (tertiary/aromatic N) is 4. The molecule has 9 nitrogen and oxygen atoms in total. The normalized spacial score (nSPS) is 11.2. The first kappa shape index (κ1) is 19.1. The Labute approximate surface area is 170 Å². The van der Waals surface area contributed by atoms with Gasteiger partial charge in [0.1, 0.15) is 22.7 Å². The number of rotatable bonds is 5. The SMILES string of the molecule is Cc1[nH]n(C(=O)COc2cccc3cccnc23)c(=O)c1N=Nc1ccccc1O. The third-order valence-corrected chi connectivity index (χ3v) is 4.38. The fourth-order valence-electron chi connectivity index (χ4n) is 2.88. The first-order chi connectivity index (χ1) is 14.5. The minimum absolute atomic E-state index is 0.0292. The summed E-state index contributed by atoms with van der Waals surface area (Å²) in [5.74, 6) is -0.222. The predicted octanol–water partition coefficient (Wildman–Crippen LogP) is 3.87. The van der Waals surface area contributed by atoms with E-state index in [-0.39, 0.29) is 23.7 Å². The second kappa shape index (κ2) is 8.00. The number of hydrogen-bond donors (Lipinski definition) is 2. The molecular weight excluding hydrogens is 386 g/mol. The summed E-state index contributed by atoms with van der Waals surface area (Å²) in [4.78, 5) is 29.4. The lowest BCUT2D eigenvalue weighted by molar-refractivity contribution is 0.0817. The van der Waals surface area contributed by atoms with Crippen LogP contribution in [-0.2, 0) is 0 Å². The van der Waals surface area contributed by atoms with E-state index in [0.717, 1.165) is 10.1 Å². The van der Waals surface area contributed by atoms with Gasteiger partial charge in [0, 0.05) is 11.6 Å². The maximum absolute atomic E-state index is 12.6. The zero-order chi connectivity index (χ0) is 21.1. The van der Waals surface area contributed by atoms with Crippen molar-refractivity contribution in [2.24, 2.45) is 10.2 Å². The van der Waals surface area contributed by atoms with Gasteiger partial charge in [-0.1, -0.05) is 30.3 Å². The van der Waals surface area contributed by atoms with Gasteiger partial charge < -0.3 is 9.84 Å². The van der Waals surface area contributed by atoms with Crippen LogP contribution in [0.4, 0.5) is 11.4 Å². The summed E-state index contributed by atoms with van der Waals surface area (Å²) < 4.78 is 6.43. The number of benzene rings is 2. The Morgan fingerprint density at radius 3 is 2.77 bits per heavy atom. The quantitative estimate of drug-likeness (QED) is 0.490. The maximum Gasteiger partial charge on any atom is 0.301 e. The molecule has 0 fully saturated rings. The highest BCUT2D eigenvalue weighted by atomic mass is 16.5. The molecule has 0 saturated carbocycles. The number of aromatic amines is 1. The average Bonchev–Trinajstić information content (AvgIpc) is 3.05. The molecule has 2 heterocycles.